The number of rotatable bonds is 5. The van der Waals surface area contributed by atoms with Gasteiger partial charge in [0.1, 0.15) is 5.75 Å². The predicted molar refractivity (Wildman–Crippen MR) is 62.4 cm³/mol. The third-order valence-electron chi connectivity index (χ3n) is 2.72. The second-order valence-corrected chi connectivity index (χ2v) is 4.01. The first-order valence-electron chi connectivity index (χ1n) is 5.32. The van der Waals surface area contributed by atoms with Gasteiger partial charge < -0.3 is 20.6 Å². The van der Waals surface area contributed by atoms with E-state index in [1.165, 1.54) is 0 Å². The Morgan fingerprint density at radius 1 is 1.12 bits per heavy atom. The van der Waals surface area contributed by atoms with Gasteiger partial charge in [-0.15, -0.1) is 0 Å². The Morgan fingerprint density at radius 3 is 2.25 bits per heavy atom. The van der Waals surface area contributed by atoms with Crippen LogP contribution < -0.4 is 5.32 Å². The number of aromatic hydroxyl groups is 1. The fraction of sp³-hybridized carbons (Fsp3) is 0.500. The Kier molecular flexibility index (Phi) is 4.73. The standard InChI is InChI=1S/C12H19NO3/c1-8-3-10(12(16)4-9(8)2)5-13-11(6-14)7-15/h3-4,11,13-16H,5-7H2,1-2H3. The monoisotopic (exact) mass is 225 g/mol. The number of hydrogen-bond acceptors (Lipinski definition) is 4. The predicted octanol–water partition coefficient (Wildman–Crippen LogP) is 0.452. The lowest BCUT2D eigenvalue weighted by molar-refractivity contribution is 0.170. The molecule has 16 heavy (non-hydrogen) atoms. The molecule has 4 N–H and O–H groups in total. The number of benzene rings is 1. The topological polar surface area (TPSA) is 72.7 Å². The lowest BCUT2D eigenvalue weighted by atomic mass is 10.0. The molecular formula is C12H19NO3. The molecule has 0 unspecified atom stereocenters. The summed E-state index contributed by atoms with van der Waals surface area (Å²) in [6.45, 7) is 4.10. The molecule has 0 radical (unpaired) electrons. The summed E-state index contributed by atoms with van der Waals surface area (Å²) in [6, 6.07) is 3.28. The van der Waals surface area contributed by atoms with Gasteiger partial charge in [-0.3, -0.25) is 0 Å². The normalized spacial score (nSPS) is 11.1. The van der Waals surface area contributed by atoms with E-state index in [0.29, 0.717) is 6.54 Å². The van der Waals surface area contributed by atoms with Crippen LogP contribution in [0, 0.1) is 13.8 Å². The molecule has 0 fully saturated rings. The van der Waals surface area contributed by atoms with Gasteiger partial charge in [0, 0.05) is 12.1 Å². The van der Waals surface area contributed by atoms with Crippen LogP contribution in [0.3, 0.4) is 0 Å². The average molecular weight is 225 g/mol. The molecule has 0 amide bonds. The van der Waals surface area contributed by atoms with E-state index in [4.69, 9.17) is 10.2 Å². The van der Waals surface area contributed by atoms with Crippen molar-refractivity contribution < 1.29 is 15.3 Å². The van der Waals surface area contributed by atoms with Crippen molar-refractivity contribution in [1.82, 2.24) is 5.32 Å². The van der Waals surface area contributed by atoms with Crippen LogP contribution in [0.1, 0.15) is 16.7 Å². The average Bonchev–Trinajstić information content (AvgIpc) is 2.26. The van der Waals surface area contributed by atoms with Gasteiger partial charge in [0.2, 0.25) is 0 Å². The molecule has 1 aromatic carbocycles. The molecule has 0 bridgehead atoms. The maximum atomic E-state index is 9.71. The molecule has 0 aliphatic carbocycles. The molecule has 4 nitrogen and oxygen atoms in total. The zero-order chi connectivity index (χ0) is 12.1. The second-order valence-electron chi connectivity index (χ2n) is 4.01. The van der Waals surface area contributed by atoms with Gasteiger partial charge in [0.15, 0.2) is 0 Å². The van der Waals surface area contributed by atoms with Crippen molar-refractivity contribution in [2.45, 2.75) is 26.4 Å². The first-order valence-corrected chi connectivity index (χ1v) is 5.32. The van der Waals surface area contributed by atoms with E-state index in [-0.39, 0.29) is 25.0 Å². The van der Waals surface area contributed by atoms with Crippen LogP contribution in [-0.2, 0) is 6.54 Å². The van der Waals surface area contributed by atoms with Gasteiger partial charge in [0.25, 0.3) is 0 Å². The highest BCUT2D eigenvalue weighted by Gasteiger charge is 2.08. The highest BCUT2D eigenvalue weighted by Crippen LogP contribution is 2.21. The van der Waals surface area contributed by atoms with Crippen molar-refractivity contribution in [1.29, 1.82) is 0 Å². The summed E-state index contributed by atoms with van der Waals surface area (Å²) in [5.41, 5.74) is 2.93. The summed E-state index contributed by atoms with van der Waals surface area (Å²) in [5.74, 6) is 0.241. The smallest absolute Gasteiger partial charge is 0.120 e. The van der Waals surface area contributed by atoms with Crippen LogP contribution in [0.5, 0.6) is 5.75 Å². The number of nitrogens with one attached hydrogen (secondary N) is 1. The summed E-state index contributed by atoms with van der Waals surface area (Å²) in [5, 5.41) is 30.4. The van der Waals surface area contributed by atoms with Crippen molar-refractivity contribution in [3.8, 4) is 5.75 Å². The minimum atomic E-state index is -0.346. The molecule has 0 saturated heterocycles. The van der Waals surface area contributed by atoms with Gasteiger partial charge >= 0.3 is 0 Å². The van der Waals surface area contributed by atoms with Crippen molar-refractivity contribution in [3.63, 3.8) is 0 Å². The van der Waals surface area contributed by atoms with Crippen LogP contribution in [0.25, 0.3) is 0 Å². The Morgan fingerprint density at radius 2 is 1.69 bits per heavy atom. The van der Waals surface area contributed by atoms with Gasteiger partial charge in [-0.05, 0) is 31.0 Å². The number of aliphatic hydroxyl groups is 2. The van der Waals surface area contributed by atoms with E-state index in [9.17, 15) is 5.11 Å². The summed E-state index contributed by atoms with van der Waals surface area (Å²) < 4.78 is 0. The molecule has 1 aromatic rings. The zero-order valence-corrected chi connectivity index (χ0v) is 9.70. The number of phenols is 1. The van der Waals surface area contributed by atoms with E-state index in [1.54, 1.807) is 6.07 Å². The molecule has 0 saturated carbocycles. The minimum Gasteiger partial charge on any atom is -0.508 e. The lowest BCUT2D eigenvalue weighted by Crippen LogP contribution is -2.35. The van der Waals surface area contributed by atoms with Crippen molar-refractivity contribution in [2.75, 3.05) is 13.2 Å². The molecule has 0 aromatic heterocycles. The first-order chi connectivity index (χ1) is 7.58. The van der Waals surface area contributed by atoms with Gasteiger partial charge in [0.05, 0.1) is 19.3 Å². The third-order valence-corrected chi connectivity index (χ3v) is 2.72. The van der Waals surface area contributed by atoms with Crippen molar-refractivity contribution in [3.05, 3.63) is 28.8 Å². The Hall–Kier alpha value is -1.10. The molecule has 1 rings (SSSR count). The van der Waals surface area contributed by atoms with Crippen LogP contribution in [0.15, 0.2) is 12.1 Å². The maximum Gasteiger partial charge on any atom is 0.120 e. The van der Waals surface area contributed by atoms with Crippen LogP contribution in [0.4, 0.5) is 0 Å². The van der Waals surface area contributed by atoms with Crippen molar-refractivity contribution in [2.24, 2.45) is 0 Å². The fourth-order valence-electron chi connectivity index (χ4n) is 1.44. The number of aliphatic hydroxyl groups excluding tert-OH is 2. The summed E-state index contributed by atoms with van der Waals surface area (Å²) in [7, 11) is 0. The second kappa shape index (κ2) is 5.84. The molecule has 0 heterocycles. The van der Waals surface area contributed by atoms with E-state index < -0.39 is 0 Å². The molecule has 0 aliphatic heterocycles. The fourth-order valence-corrected chi connectivity index (χ4v) is 1.44. The molecule has 0 aliphatic rings. The lowest BCUT2D eigenvalue weighted by Gasteiger charge is -2.15. The zero-order valence-electron chi connectivity index (χ0n) is 9.70. The van der Waals surface area contributed by atoms with Gasteiger partial charge in [-0.2, -0.15) is 0 Å². The molecule has 0 atom stereocenters. The van der Waals surface area contributed by atoms with E-state index in [1.807, 2.05) is 19.9 Å². The van der Waals surface area contributed by atoms with Crippen LogP contribution >= 0.6 is 0 Å². The highest BCUT2D eigenvalue weighted by molar-refractivity contribution is 5.40. The summed E-state index contributed by atoms with van der Waals surface area (Å²) in [6.07, 6.45) is 0. The van der Waals surface area contributed by atoms with Crippen molar-refractivity contribution >= 4 is 0 Å². The van der Waals surface area contributed by atoms with E-state index >= 15 is 0 Å². The Bertz CT molecular complexity index is 348. The quantitative estimate of drug-likeness (QED) is 0.587. The minimum absolute atomic E-state index is 0.123. The highest BCUT2D eigenvalue weighted by atomic mass is 16.3. The molecule has 90 valence electrons. The number of hydrogen-bond donors (Lipinski definition) is 4. The van der Waals surface area contributed by atoms with Crippen LogP contribution in [-0.4, -0.2) is 34.6 Å². The number of aryl methyl sites for hydroxylation is 2. The van der Waals surface area contributed by atoms with Gasteiger partial charge in [-0.25, -0.2) is 0 Å². The number of phenolic OH excluding ortho intramolecular Hbond substituents is 1. The third kappa shape index (κ3) is 3.20. The van der Waals surface area contributed by atoms with Gasteiger partial charge in [-0.1, -0.05) is 6.07 Å². The van der Waals surface area contributed by atoms with E-state index in [0.717, 1.165) is 16.7 Å². The first kappa shape index (κ1) is 13.0. The SMILES string of the molecule is Cc1cc(O)c(CNC(CO)CO)cc1C. The van der Waals surface area contributed by atoms with E-state index in [2.05, 4.69) is 5.32 Å². The largest absolute Gasteiger partial charge is 0.508 e. The molecule has 4 heteroatoms. The molecular weight excluding hydrogens is 206 g/mol. The maximum absolute atomic E-state index is 9.71. The Balaban J connectivity index is 2.70. The van der Waals surface area contributed by atoms with Crippen LogP contribution in [0.2, 0.25) is 0 Å². The summed E-state index contributed by atoms with van der Waals surface area (Å²) >= 11 is 0. The molecule has 0 spiro atoms. The summed E-state index contributed by atoms with van der Waals surface area (Å²) in [4.78, 5) is 0. The Labute approximate surface area is 95.6 Å².